The van der Waals surface area contributed by atoms with Crippen molar-refractivity contribution in [2.45, 2.75) is 33.1 Å². The van der Waals surface area contributed by atoms with Crippen molar-refractivity contribution in [3.63, 3.8) is 0 Å². The van der Waals surface area contributed by atoms with Crippen molar-refractivity contribution in [2.24, 2.45) is 5.41 Å². The summed E-state index contributed by atoms with van der Waals surface area (Å²) in [5, 5.41) is 3.78. The minimum absolute atomic E-state index is 0.00973. The van der Waals surface area contributed by atoms with E-state index in [1.807, 2.05) is 30.9 Å². The van der Waals surface area contributed by atoms with E-state index in [2.05, 4.69) is 5.32 Å². The van der Waals surface area contributed by atoms with Gasteiger partial charge in [0.05, 0.1) is 0 Å². The van der Waals surface area contributed by atoms with Gasteiger partial charge in [-0.15, -0.1) is 0 Å². The topological polar surface area (TPSA) is 41.6 Å². The lowest BCUT2D eigenvalue weighted by Gasteiger charge is -2.33. The lowest BCUT2D eigenvalue weighted by molar-refractivity contribution is 0.0211. The van der Waals surface area contributed by atoms with E-state index in [-0.39, 0.29) is 11.4 Å². The molecular formula is C17H23ClN2O2. The van der Waals surface area contributed by atoms with Gasteiger partial charge in [-0.25, -0.2) is 4.79 Å². The molecule has 0 unspecified atom stereocenters. The van der Waals surface area contributed by atoms with Gasteiger partial charge in [-0.3, -0.25) is 0 Å². The molecule has 4 nitrogen and oxygen atoms in total. The van der Waals surface area contributed by atoms with E-state index in [4.69, 9.17) is 16.3 Å². The molecule has 5 heteroatoms. The first-order valence-electron chi connectivity index (χ1n) is 7.90. The van der Waals surface area contributed by atoms with Crippen LogP contribution >= 0.6 is 11.6 Å². The number of likely N-dealkylation sites (tertiary alicyclic amines) is 1. The van der Waals surface area contributed by atoms with Gasteiger partial charge < -0.3 is 15.0 Å². The molecule has 2 aliphatic heterocycles. The monoisotopic (exact) mass is 322 g/mol. The maximum atomic E-state index is 12.5. The maximum absolute atomic E-state index is 12.5. The molecule has 0 aliphatic carbocycles. The van der Waals surface area contributed by atoms with Crippen LogP contribution in [0.5, 0.6) is 0 Å². The third kappa shape index (κ3) is 3.08. The number of nitrogens with one attached hydrogen (secondary N) is 1. The number of hydrogen-bond acceptors (Lipinski definition) is 2. The molecule has 2 amide bonds. The highest BCUT2D eigenvalue weighted by atomic mass is 35.5. The molecule has 3 rings (SSSR count). The van der Waals surface area contributed by atoms with Gasteiger partial charge in [0, 0.05) is 37.0 Å². The molecule has 1 aromatic carbocycles. The molecule has 1 aromatic rings. The lowest BCUT2D eigenvalue weighted by Crippen LogP contribution is -2.37. The first kappa shape index (κ1) is 15.6. The summed E-state index contributed by atoms with van der Waals surface area (Å²) < 4.78 is 5.45. The smallest absolute Gasteiger partial charge is 0.321 e. The zero-order valence-corrected chi connectivity index (χ0v) is 14.0. The van der Waals surface area contributed by atoms with Crippen LogP contribution in [0.2, 0.25) is 5.02 Å². The molecule has 0 radical (unpaired) electrons. The Morgan fingerprint density at radius 2 is 1.86 bits per heavy atom. The van der Waals surface area contributed by atoms with Crippen molar-refractivity contribution in [1.82, 2.24) is 4.90 Å². The maximum Gasteiger partial charge on any atom is 0.321 e. The average Bonchev–Trinajstić information content (AvgIpc) is 2.89. The Morgan fingerprint density at radius 3 is 2.50 bits per heavy atom. The molecule has 2 saturated heterocycles. The fraction of sp³-hybridized carbons (Fsp3) is 0.588. The first-order valence-corrected chi connectivity index (χ1v) is 8.27. The van der Waals surface area contributed by atoms with E-state index in [9.17, 15) is 4.79 Å². The van der Waals surface area contributed by atoms with E-state index in [0.29, 0.717) is 0 Å². The summed E-state index contributed by atoms with van der Waals surface area (Å²) in [6, 6.07) is 3.84. The van der Waals surface area contributed by atoms with Crippen LogP contribution in [0.25, 0.3) is 0 Å². The predicted molar refractivity (Wildman–Crippen MR) is 88.6 cm³/mol. The molecule has 0 aromatic heterocycles. The van der Waals surface area contributed by atoms with Crippen LogP contribution in [0.15, 0.2) is 12.1 Å². The summed E-state index contributed by atoms with van der Waals surface area (Å²) in [7, 11) is 0. The van der Waals surface area contributed by atoms with Crippen molar-refractivity contribution in [3.05, 3.63) is 28.3 Å². The molecule has 22 heavy (non-hydrogen) atoms. The largest absolute Gasteiger partial charge is 0.381 e. The van der Waals surface area contributed by atoms with Crippen LogP contribution in [0.3, 0.4) is 0 Å². The van der Waals surface area contributed by atoms with Crippen molar-refractivity contribution in [2.75, 3.05) is 31.6 Å². The fourth-order valence-electron chi connectivity index (χ4n) is 3.54. The van der Waals surface area contributed by atoms with E-state index in [0.717, 1.165) is 67.4 Å². The molecule has 1 spiro atoms. The third-order valence-corrected chi connectivity index (χ3v) is 5.56. The number of amides is 2. The second kappa shape index (κ2) is 6.09. The Labute approximate surface area is 136 Å². The van der Waals surface area contributed by atoms with Gasteiger partial charge in [-0.1, -0.05) is 11.6 Å². The lowest BCUT2D eigenvalue weighted by atomic mass is 9.80. The zero-order chi connectivity index (χ0) is 15.7. The van der Waals surface area contributed by atoms with Gasteiger partial charge in [0.1, 0.15) is 0 Å². The number of nitrogens with zero attached hydrogens (tertiary/aromatic N) is 1. The SMILES string of the molecule is Cc1cc(NC(=O)N2CCC3(CCOCC3)C2)cc(C)c1Cl. The van der Waals surface area contributed by atoms with Gasteiger partial charge in [0.2, 0.25) is 0 Å². The Balaban J connectivity index is 1.65. The third-order valence-electron chi connectivity index (χ3n) is 4.97. The van der Waals surface area contributed by atoms with Crippen LogP contribution in [0.4, 0.5) is 10.5 Å². The van der Waals surface area contributed by atoms with Gasteiger partial charge in [-0.2, -0.15) is 0 Å². The van der Waals surface area contributed by atoms with Crippen molar-refractivity contribution >= 4 is 23.3 Å². The normalized spacial score (nSPS) is 20.4. The van der Waals surface area contributed by atoms with Crippen LogP contribution < -0.4 is 5.32 Å². The molecule has 2 heterocycles. The highest BCUT2D eigenvalue weighted by Crippen LogP contribution is 2.39. The number of aryl methyl sites for hydroxylation is 2. The molecular weight excluding hydrogens is 300 g/mol. The minimum atomic E-state index is -0.00973. The number of carbonyl (C=O) groups excluding carboxylic acids is 1. The average molecular weight is 323 g/mol. The van der Waals surface area contributed by atoms with E-state index in [1.54, 1.807) is 0 Å². The molecule has 0 saturated carbocycles. The number of rotatable bonds is 1. The quantitative estimate of drug-likeness (QED) is 0.849. The molecule has 1 N–H and O–H groups in total. The Morgan fingerprint density at radius 1 is 1.23 bits per heavy atom. The van der Waals surface area contributed by atoms with E-state index < -0.39 is 0 Å². The number of carbonyl (C=O) groups is 1. The molecule has 0 bridgehead atoms. The van der Waals surface area contributed by atoms with Crippen molar-refractivity contribution in [1.29, 1.82) is 0 Å². The summed E-state index contributed by atoms with van der Waals surface area (Å²) >= 11 is 6.18. The van der Waals surface area contributed by atoms with Gasteiger partial charge in [0.25, 0.3) is 0 Å². The highest BCUT2D eigenvalue weighted by molar-refractivity contribution is 6.32. The number of urea groups is 1. The van der Waals surface area contributed by atoms with Gasteiger partial charge in [-0.05, 0) is 61.8 Å². The summed E-state index contributed by atoms with van der Waals surface area (Å²) in [5.41, 5.74) is 3.07. The standard InChI is InChI=1S/C17H23ClN2O2/c1-12-9-14(10-13(2)15(12)18)19-16(21)20-6-3-17(11-20)4-7-22-8-5-17/h9-10H,3-8,11H2,1-2H3,(H,19,21). The van der Waals surface area contributed by atoms with Crippen LogP contribution in [0, 0.1) is 19.3 Å². The van der Waals surface area contributed by atoms with E-state index >= 15 is 0 Å². The van der Waals surface area contributed by atoms with Crippen LogP contribution in [-0.4, -0.2) is 37.2 Å². The van der Waals surface area contributed by atoms with Gasteiger partial charge >= 0.3 is 6.03 Å². The predicted octanol–water partition coefficient (Wildman–Crippen LogP) is 3.99. The second-order valence-corrected chi connectivity index (χ2v) is 7.02. The summed E-state index contributed by atoms with van der Waals surface area (Å²) in [6.45, 7) is 7.23. The first-order chi connectivity index (χ1) is 10.5. The molecule has 2 aliphatic rings. The summed E-state index contributed by atoms with van der Waals surface area (Å²) in [4.78, 5) is 14.4. The summed E-state index contributed by atoms with van der Waals surface area (Å²) in [5.74, 6) is 0. The molecule has 120 valence electrons. The fourth-order valence-corrected chi connectivity index (χ4v) is 3.65. The summed E-state index contributed by atoms with van der Waals surface area (Å²) in [6.07, 6.45) is 3.22. The Kier molecular flexibility index (Phi) is 4.33. The van der Waals surface area contributed by atoms with Gasteiger partial charge in [0.15, 0.2) is 0 Å². The highest BCUT2D eigenvalue weighted by Gasteiger charge is 2.40. The number of anilines is 1. The number of benzene rings is 1. The van der Waals surface area contributed by atoms with Crippen LogP contribution in [-0.2, 0) is 4.74 Å². The zero-order valence-electron chi connectivity index (χ0n) is 13.2. The Bertz CT molecular complexity index is 559. The minimum Gasteiger partial charge on any atom is -0.381 e. The van der Waals surface area contributed by atoms with Crippen molar-refractivity contribution < 1.29 is 9.53 Å². The number of hydrogen-bond donors (Lipinski definition) is 1. The Hall–Kier alpha value is -1.26. The molecule has 0 atom stereocenters. The van der Waals surface area contributed by atoms with Crippen LogP contribution in [0.1, 0.15) is 30.4 Å². The van der Waals surface area contributed by atoms with Crippen molar-refractivity contribution in [3.8, 4) is 0 Å². The number of ether oxygens (including phenoxy) is 1. The number of halogens is 1. The second-order valence-electron chi connectivity index (χ2n) is 6.64. The molecule has 2 fully saturated rings. The van der Waals surface area contributed by atoms with E-state index in [1.165, 1.54) is 0 Å².